The molecule has 2 aromatic rings. The molecule has 1 fully saturated rings. The zero-order valence-corrected chi connectivity index (χ0v) is 19.8. The summed E-state index contributed by atoms with van der Waals surface area (Å²) in [5, 5.41) is 14.8. The minimum Gasteiger partial charge on any atom is -0.493 e. The van der Waals surface area contributed by atoms with Gasteiger partial charge >= 0.3 is 11.9 Å². The second-order valence-corrected chi connectivity index (χ2v) is 7.63. The third-order valence-electron chi connectivity index (χ3n) is 5.60. The minimum absolute atomic E-state index is 0.642. The lowest BCUT2D eigenvalue weighted by Gasteiger charge is -2.37. The van der Waals surface area contributed by atoms with Gasteiger partial charge in [-0.15, -0.1) is 0 Å². The van der Waals surface area contributed by atoms with Gasteiger partial charge in [-0.2, -0.15) is 0 Å². The highest BCUT2D eigenvalue weighted by atomic mass is 16.5. The molecule has 0 amide bonds. The molecule has 0 bridgehead atoms. The molecule has 0 unspecified atom stereocenters. The summed E-state index contributed by atoms with van der Waals surface area (Å²) in [6, 6.07) is 10.6. The first-order valence-corrected chi connectivity index (χ1v) is 10.5. The van der Waals surface area contributed by atoms with Crippen LogP contribution in [0.5, 0.6) is 17.2 Å². The molecule has 0 spiro atoms. The Morgan fingerprint density at radius 2 is 1.42 bits per heavy atom. The summed E-state index contributed by atoms with van der Waals surface area (Å²) in [6.45, 7) is 9.40. The third kappa shape index (κ3) is 6.76. The standard InChI is InChI=1S/C22H30N2O3.C2H2O4/c1-16-7-6-8-19(17(16)2)24-11-9-23(10-12-24)15-18-13-20(25-3)22(27-5)21(14-18)26-4;3-1(4)2(5)6/h6-8,13-14H,9-12,15H2,1-5H3;(H,3,4)(H,5,6). The van der Waals surface area contributed by atoms with Gasteiger partial charge in [0.2, 0.25) is 5.75 Å². The van der Waals surface area contributed by atoms with Crippen molar-refractivity contribution < 1.29 is 34.0 Å². The van der Waals surface area contributed by atoms with Crippen LogP contribution in [0.2, 0.25) is 0 Å². The van der Waals surface area contributed by atoms with Crippen LogP contribution in [0.1, 0.15) is 16.7 Å². The van der Waals surface area contributed by atoms with Crippen molar-refractivity contribution >= 4 is 17.6 Å². The molecule has 9 nitrogen and oxygen atoms in total. The van der Waals surface area contributed by atoms with Gasteiger partial charge in [0, 0.05) is 38.4 Å². The van der Waals surface area contributed by atoms with E-state index in [0.29, 0.717) is 17.2 Å². The fourth-order valence-corrected chi connectivity index (χ4v) is 3.71. The van der Waals surface area contributed by atoms with Crippen LogP contribution >= 0.6 is 0 Å². The number of hydrogen-bond donors (Lipinski definition) is 2. The Morgan fingerprint density at radius 1 is 0.879 bits per heavy atom. The number of nitrogens with zero attached hydrogens (tertiary/aromatic N) is 2. The molecular formula is C24H32N2O7. The SMILES string of the molecule is COc1cc(CN2CCN(c3cccc(C)c3C)CC2)cc(OC)c1OC.O=C(O)C(=O)O. The van der Waals surface area contributed by atoms with E-state index in [1.807, 2.05) is 12.1 Å². The average Bonchev–Trinajstić information content (AvgIpc) is 2.81. The molecule has 2 aromatic carbocycles. The number of rotatable bonds is 6. The van der Waals surface area contributed by atoms with E-state index < -0.39 is 11.9 Å². The molecule has 0 radical (unpaired) electrons. The molecule has 1 aliphatic rings. The van der Waals surface area contributed by atoms with Gasteiger partial charge in [-0.3, -0.25) is 4.90 Å². The Kier molecular flexibility index (Phi) is 9.35. The summed E-state index contributed by atoms with van der Waals surface area (Å²) >= 11 is 0. The average molecular weight is 461 g/mol. The molecule has 3 rings (SSSR count). The summed E-state index contributed by atoms with van der Waals surface area (Å²) in [7, 11) is 4.95. The largest absolute Gasteiger partial charge is 0.493 e. The first kappa shape index (κ1) is 25.8. The van der Waals surface area contributed by atoms with Gasteiger partial charge < -0.3 is 29.3 Å². The van der Waals surface area contributed by atoms with Gasteiger partial charge in [0.25, 0.3) is 0 Å². The lowest BCUT2D eigenvalue weighted by molar-refractivity contribution is -0.159. The van der Waals surface area contributed by atoms with E-state index in [0.717, 1.165) is 32.7 Å². The predicted molar refractivity (Wildman–Crippen MR) is 125 cm³/mol. The van der Waals surface area contributed by atoms with E-state index in [1.54, 1.807) is 21.3 Å². The number of aryl methyl sites for hydroxylation is 1. The summed E-state index contributed by atoms with van der Waals surface area (Å²) in [5.41, 5.74) is 5.27. The van der Waals surface area contributed by atoms with Gasteiger partial charge in [0.05, 0.1) is 21.3 Å². The van der Waals surface area contributed by atoms with Crippen molar-refractivity contribution in [3.8, 4) is 17.2 Å². The molecule has 33 heavy (non-hydrogen) atoms. The molecule has 9 heteroatoms. The molecular weight excluding hydrogens is 428 g/mol. The number of aliphatic carboxylic acids is 2. The molecule has 2 N–H and O–H groups in total. The molecule has 180 valence electrons. The van der Waals surface area contributed by atoms with Crippen molar-refractivity contribution in [2.24, 2.45) is 0 Å². The summed E-state index contributed by atoms with van der Waals surface area (Å²) < 4.78 is 16.4. The molecule has 0 atom stereocenters. The van der Waals surface area contributed by atoms with Crippen LogP contribution in [-0.4, -0.2) is 74.6 Å². The minimum atomic E-state index is -1.82. The monoisotopic (exact) mass is 460 g/mol. The van der Waals surface area contributed by atoms with E-state index in [2.05, 4.69) is 41.8 Å². The number of benzene rings is 2. The summed E-state index contributed by atoms with van der Waals surface area (Å²) in [5.74, 6) is -1.59. The highest BCUT2D eigenvalue weighted by Crippen LogP contribution is 2.38. The highest BCUT2D eigenvalue weighted by molar-refractivity contribution is 6.27. The van der Waals surface area contributed by atoms with Crippen LogP contribution in [0.15, 0.2) is 30.3 Å². The summed E-state index contributed by atoms with van der Waals surface area (Å²) in [4.78, 5) is 23.2. The van der Waals surface area contributed by atoms with Gasteiger partial charge in [0.1, 0.15) is 0 Å². The number of anilines is 1. The van der Waals surface area contributed by atoms with E-state index in [4.69, 9.17) is 34.0 Å². The first-order chi connectivity index (χ1) is 15.7. The first-order valence-electron chi connectivity index (χ1n) is 10.5. The van der Waals surface area contributed by atoms with E-state index >= 15 is 0 Å². The maximum absolute atomic E-state index is 9.10. The number of piperazine rings is 1. The number of methoxy groups -OCH3 is 3. The fraction of sp³-hybridized carbons (Fsp3) is 0.417. The second-order valence-electron chi connectivity index (χ2n) is 7.63. The van der Waals surface area contributed by atoms with Crippen molar-refractivity contribution in [3.63, 3.8) is 0 Å². The van der Waals surface area contributed by atoms with Gasteiger partial charge in [-0.1, -0.05) is 12.1 Å². The van der Waals surface area contributed by atoms with Crippen LogP contribution < -0.4 is 19.1 Å². The van der Waals surface area contributed by atoms with Crippen molar-refractivity contribution in [2.75, 3.05) is 52.4 Å². The van der Waals surface area contributed by atoms with Crippen molar-refractivity contribution in [3.05, 3.63) is 47.0 Å². The van der Waals surface area contributed by atoms with Crippen LogP contribution in [0.25, 0.3) is 0 Å². The molecule has 0 saturated carbocycles. The maximum atomic E-state index is 9.10. The fourth-order valence-electron chi connectivity index (χ4n) is 3.71. The summed E-state index contributed by atoms with van der Waals surface area (Å²) in [6.07, 6.45) is 0. The number of carbonyl (C=O) groups is 2. The quantitative estimate of drug-likeness (QED) is 0.629. The van der Waals surface area contributed by atoms with Crippen molar-refractivity contribution in [2.45, 2.75) is 20.4 Å². The number of carboxylic acid groups (broad SMARTS) is 2. The predicted octanol–water partition coefficient (Wildman–Crippen LogP) is 2.81. The maximum Gasteiger partial charge on any atom is 0.414 e. The van der Waals surface area contributed by atoms with Gasteiger partial charge in [-0.25, -0.2) is 9.59 Å². The molecule has 0 aliphatic carbocycles. The Balaban J connectivity index is 0.000000569. The topological polar surface area (TPSA) is 109 Å². The van der Waals surface area contributed by atoms with E-state index in [9.17, 15) is 0 Å². The van der Waals surface area contributed by atoms with E-state index in [1.165, 1.54) is 22.4 Å². The van der Waals surface area contributed by atoms with Crippen LogP contribution in [-0.2, 0) is 16.1 Å². The zero-order chi connectivity index (χ0) is 24.5. The molecule has 1 heterocycles. The van der Waals surface area contributed by atoms with Gasteiger partial charge in [0.15, 0.2) is 11.5 Å². The van der Waals surface area contributed by atoms with Crippen LogP contribution in [0.4, 0.5) is 5.69 Å². The Labute approximate surface area is 194 Å². The third-order valence-corrected chi connectivity index (χ3v) is 5.60. The lowest BCUT2D eigenvalue weighted by atomic mass is 10.1. The molecule has 1 saturated heterocycles. The van der Waals surface area contributed by atoms with E-state index in [-0.39, 0.29) is 0 Å². The number of hydrogen-bond acceptors (Lipinski definition) is 7. The molecule has 1 aliphatic heterocycles. The smallest absolute Gasteiger partial charge is 0.414 e. The zero-order valence-electron chi connectivity index (χ0n) is 19.8. The normalized spacial score (nSPS) is 13.5. The Bertz CT molecular complexity index is 932. The highest BCUT2D eigenvalue weighted by Gasteiger charge is 2.20. The number of carboxylic acids is 2. The van der Waals surface area contributed by atoms with Gasteiger partial charge in [-0.05, 0) is 48.7 Å². The van der Waals surface area contributed by atoms with Crippen LogP contribution in [0.3, 0.4) is 0 Å². The van der Waals surface area contributed by atoms with Crippen molar-refractivity contribution in [1.82, 2.24) is 4.90 Å². The lowest BCUT2D eigenvalue weighted by Crippen LogP contribution is -2.46. The Morgan fingerprint density at radius 3 is 1.88 bits per heavy atom. The second kappa shape index (κ2) is 12.0. The number of ether oxygens (including phenoxy) is 3. The molecule has 0 aromatic heterocycles. The Hall–Kier alpha value is -3.46. The van der Waals surface area contributed by atoms with Crippen molar-refractivity contribution in [1.29, 1.82) is 0 Å². The van der Waals surface area contributed by atoms with Crippen LogP contribution in [0, 0.1) is 13.8 Å².